The predicted molar refractivity (Wildman–Crippen MR) is 54.5 cm³/mol. The number of amides is 1. The van der Waals surface area contributed by atoms with Crippen molar-refractivity contribution in [2.75, 3.05) is 12.4 Å². The molecule has 0 atom stereocenters. The highest BCUT2D eigenvalue weighted by Crippen LogP contribution is 2.33. The van der Waals surface area contributed by atoms with Gasteiger partial charge in [0.2, 0.25) is 0 Å². The van der Waals surface area contributed by atoms with Gasteiger partial charge in [-0.25, -0.2) is 4.79 Å². The average molecular weight is 258 g/mol. The number of halogens is 1. The van der Waals surface area contributed by atoms with E-state index in [0.29, 0.717) is 12.4 Å². The Kier molecular flexibility index (Phi) is 2.33. The van der Waals surface area contributed by atoms with E-state index in [1.807, 2.05) is 6.07 Å². The van der Waals surface area contributed by atoms with Gasteiger partial charge >= 0.3 is 6.09 Å². The molecule has 1 N–H and O–H groups in total. The molecule has 0 fully saturated rings. The second kappa shape index (κ2) is 3.49. The van der Waals surface area contributed by atoms with E-state index in [4.69, 9.17) is 9.47 Å². The molecule has 1 aromatic rings. The lowest BCUT2D eigenvalue weighted by molar-refractivity contribution is 0.151. The minimum absolute atomic E-state index is 0.295. The summed E-state index contributed by atoms with van der Waals surface area (Å²) in [4.78, 5) is 10.9. The highest BCUT2D eigenvalue weighted by atomic mass is 79.9. The third-order valence-corrected chi connectivity index (χ3v) is 2.59. The topological polar surface area (TPSA) is 47.6 Å². The van der Waals surface area contributed by atoms with Crippen molar-refractivity contribution in [3.8, 4) is 5.75 Å². The van der Waals surface area contributed by atoms with E-state index >= 15 is 0 Å². The largest absolute Gasteiger partial charge is 0.495 e. The Labute approximate surface area is 89.3 Å². The third-order valence-electron chi connectivity index (χ3n) is 1.97. The molecule has 1 aliphatic heterocycles. The Morgan fingerprint density at radius 3 is 3.07 bits per heavy atom. The van der Waals surface area contributed by atoms with Gasteiger partial charge in [-0.2, -0.15) is 0 Å². The molecule has 0 saturated heterocycles. The molecule has 1 aromatic carbocycles. The van der Waals surface area contributed by atoms with Crippen LogP contribution in [0.25, 0.3) is 0 Å². The van der Waals surface area contributed by atoms with Gasteiger partial charge in [0.25, 0.3) is 0 Å². The van der Waals surface area contributed by atoms with Crippen molar-refractivity contribution in [3.05, 3.63) is 22.2 Å². The lowest BCUT2D eigenvalue weighted by Crippen LogP contribution is -2.20. The smallest absolute Gasteiger partial charge is 0.411 e. The SMILES string of the molecule is COc1cc2c(cc1Br)COC(=O)N2. The van der Waals surface area contributed by atoms with Gasteiger partial charge in [-0.15, -0.1) is 0 Å². The molecule has 0 aliphatic carbocycles. The number of ether oxygens (including phenoxy) is 2. The van der Waals surface area contributed by atoms with Crippen molar-refractivity contribution >= 4 is 27.7 Å². The zero-order valence-electron chi connectivity index (χ0n) is 7.46. The van der Waals surface area contributed by atoms with Crippen LogP contribution in [0.1, 0.15) is 5.56 Å². The Bertz CT molecular complexity index is 392. The molecular formula is C9H8BrNO3. The summed E-state index contributed by atoms with van der Waals surface area (Å²) in [5.41, 5.74) is 1.67. The fourth-order valence-electron chi connectivity index (χ4n) is 1.28. The normalized spacial score (nSPS) is 14.0. The number of rotatable bonds is 1. The molecule has 14 heavy (non-hydrogen) atoms. The summed E-state index contributed by atoms with van der Waals surface area (Å²) >= 11 is 3.36. The van der Waals surface area contributed by atoms with Crippen LogP contribution in [0.4, 0.5) is 10.5 Å². The summed E-state index contributed by atoms with van der Waals surface area (Å²) in [6.07, 6.45) is -0.429. The molecule has 5 heteroatoms. The van der Waals surface area contributed by atoms with Crippen molar-refractivity contribution in [1.82, 2.24) is 0 Å². The minimum atomic E-state index is -0.429. The van der Waals surface area contributed by atoms with Gasteiger partial charge in [-0.3, -0.25) is 5.32 Å². The first-order valence-electron chi connectivity index (χ1n) is 4.01. The van der Waals surface area contributed by atoms with Crippen LogP contribution in [-0.4, -0.2) is 13.2 Å². The highest BCUT2D eigenvalue weighted by Gasteiger charge is 2.17. The zero-order valence-corrected chi connectivity index (χ0v) is 9.05. The quantitative estimate of drug-likeness (QED) is 0.841. The molecule has 0 saturated carbocycles. The van der Waals surface area contributed by atoms with Crippen LogP contribution in [-0.2, 0) is 11.3 Å². The number of hydrogen-bond donors (Lipinski definition) is 1. The molecule has 1 aliphatic rings. The molecule has 0 radical (unpaired) electrons. The van der Waals surface area contributed by atoms with Crippen LogP contribution in [0.2, 0.25) is 0 Å². The van der Waals surface area contributed by atoms with Gasteiger partial charge < -0.3 is 9.47 Å². The van der Waals surface area contributed by atoms with Gasteiger partial charge in [0.1, 0.15) is 12.4 Å². The van der Waals surface area contributed by atoms with E-state index in [0.717, 1.165) is 15.7 Å². The number of hydrogen-bond acceptors (Lipinski definition) is 3. The van der Waals surface area contributed by atoms with Crippen LogP contribution in [0.5, 0.6) is 5.75 Å². The lowest BCUT2D eigenvalue weighted by Gasteiger charge is -2.18. The summed E-state index contributed by atoms with van der Waals surface area (Å²) in [5.74, 6) is 0.686. The minimum Gasteiger partial charge on any atom is -0.495 e. The molecule has 1 heterocycles. The molecule has 0 spiro atoms. The van der Waals surface area contributed by atoms with Crippen molar-refractivity contribution in [3.63, 3.8) is 0 Å². The highest BCUT2D eigenvalue weighted by molar-refractivity contribution is 9.10. The molecule has 0 unspecified atom stereocenters. The van der Waals surface area contributed by atoms with Crippen molar-refractivity contribution < 1.29 is 14.3 Å². The number of carbonyl (C=O) groups is 1. The maximum atomic E-state index is 10.9. The number of carbonyl (C=O) groups excluding carboxylic acids is 1. The van der Waals surface area contributed by atoms with Gasteiger partial charge in [-0.1, -0.05) is 0 Å². The fraction of sp³-hybridized carbons (Fsp3) is 0.222. The van der Waals surface area contributed by atoms with E-state index < -0.39 is 6.09 Å². The second-order valence-electron chi connectivity index (χ2n) is 2.85. The van der Waals surface area contributed by atoms with Gasteiger partial charge in [0.15, 0.2) is 0 Å². The third kappa shape index (κ3) is 1.55. The monoisotopic (exact) mass is 257 g/mol. The van der Waals surface area contributed by atoms with E-state index in [1.54, 1.807) is 13.2 Å². The number of anilines is 1. The average Bonchev–Trinajstić information content (AvgIpc) is 2.17. The first kappa shape index (κ1) is 9.33. The van der Waals surface area contributed by atoms with Gasteiger partial charge in [-0.05, 0) is 22.0 Å². The molecular weight excluding hydrogens is 250 g/mol. The summed E-state index contributed by atoms with van der Waals surface area (Å²) < 4.78 is 10.8. The zero-order chi connectivity index (χ0) is 10.1. The Morgan fingerprint density at radius 2 is 2.36 bits per heavy atom. The number of nitrogens with one attached hydrogen (secondary N) is 1. The number of methoxy groups -OCH3 is 1. The molecule has 0 aromatic heterocycles. The summed E-state index contributed by atoms with van der Waals surface area (Å²) in [5, 5.41) is 2.60. The molecule has 2 rings (SSSR count). The van der Waals surface area contributed by atoms with Crippen molar-refractivity contribution in [2.24, 2.45) is 0 Å². The maximum absolute atomic E-state index is 10.9. The van der Waals surface area contributed by atoms with Crippen molar-refractivity contribution in [2.45, 2.75) is 6.61 Å². The predicted octanol–water partition coefficient (Wildman–Crippen LogP) is 2.52. The van der Waals surface area contributed by atoms with Crippen molar-refractivity contribution in [1.29, 1.82) is 0 Å². The Balaban J connectivity index is 2.46. The molecule has 74 valence electrons. The lowest BCUT2D eigenvalue weighted by atomic mass is 10.1. The Hall–Kier alpha value is -1.23. The molecule has 0 bridgehead atoms. The molecule has 1 amide bonds. The number of benzene rings is 1. The van der Waals surface area contributed by atoms with Crippen LogP contribution in [0.3, 0.4) is 0 Å². The van der Waals surface area contributed by atoms with E-state index in [1.165, 1.54) is 0 Å². The molecule has 4 nitrogen and oxygen atoms in total. The van der Waals surface area contributed by atoms with Crippen LogP contribution in [0.15, 0.2) is 16.6 Å². The summed E-state index contributed by atoms with van der Waals surface area (Å²) in [6.45, 7) is 0.295. The number of fused-ring (bicyclic) bond motifs is 1. The van der Waals surface area contributed by atoms with Gasteiger partial charge in [0, 0.05) is 11.6 Å². The van der Waals surface area contributed by atoms with E-state index in [9.17, 15) is 4.79 Å². The first-order chi connectivity index (χ1) is 6.70. The summed E-state index contributed by atoms with van der Waals surface area (Å²) in [6, 6.07) is 3.63. The summed E-state index contributed by atoms with van der Waals surface area (Å²) in [7, 11) is 1.58. The van der Waals surface area contributed by atoms with Crippen LogP contribution >= 0.6 is 15.9 Å². The standard InChI is InChI=1S/C9H8BrNO3/c1-13-8-3-7-5(2-6(8)10)4-14-9(12)11-7/h2-3H,4H2,1H3,(H,11,12). The second-order valence-corrected chi connectivity index (χ2v) is 3.70. The number of cyclic esters (lactones) is 1. The first-order valence-corrected chi connectivity index (χ1v) is 4.80. The van der Waals surface area contributed by atoms with Crippen LogP contribution in [0, 0.1) is 0 Å². The van der Waals surface area contributed by atoms with E-state index in [2.05, 4.69) is 21.2 Å². The Morgan fingerprint density at radius 1 is 1.57 bits per heavy atom. The van der Waals surface area contributed by atoms with Gasteiger partial charge in [0.05, 0.1) is 17.3 Å². The van der Waals surface area contributed by atoms with Crippen LogP contribution < -0.4 is 10.1 Å². The fourth-order valence-corrected chi connectivity index (χ4v) is 1.83. The maximum Gasteiger partial charge on any atom is 0.411 e. The van der Waals surface area contributed by atoms with E-state index in [-0.39, 0.29) is 0 Å².